The number of nitrogens with one attached hydrogen (secondary N) is 1. The summed E-state index contributed by atoms with van der Waals surface area (Å²) in [4.78, 5) is -0.247. The predicted octanol–water partition coefficient (Wildman–Crippen LogP) is 3.16. The summed E-state index contributed by atoms with van der Waals surface area (Å²) in [6.07, 6.45) is 0.542. The molecule has 1 aromatic carbocycles. The van der Waals surface area contributed by atoms with Crippen LogP contribution >= 0.6 is 23.2 Å². The summed E-state index contributed by atoms with van der Waals surface area (Å²) in [6, 6.07) is 2.97. The Hall–Kier alpha value is -0.360. The van der Waals surface area contributed by atoms with Crippen molar-refractivity contribution in [3.63, 3.8) is 0 Å². The maximum atomic E-state index is 13.2. The van der Waals surface area contributed by atoms with Gasteiger partial charge in [-0.05, 0) is 30.0 Å². The van der Waals surface area contributed by atoms with Crippen molar-refractivity contribution in [1.29, 1.82) is 0 Å². The van der Waals surface area contributed by atoms with Crippen LogP contribution in [0.2, 0.25) is 5.02 Å². The highest BCUT2D eigenvalue weighted by atomic mass is 35.5. The minimum Gasteiger partial charge on any atom is -0.207 e. The maximum absolute atomic E-state index is 13.2. The van der Waals surface area contributed by atoms with Gasteiger partial charge in [0.25, 0.3) is 0 Å². The minimum absolute atomic E-state index is 0.00606. The normalized spacial score (nSPS) is 25.9. The molecule has 3 nitrogen and oxygen atoms in total. The van der Waals surface area contributed by atoms with Crippen molar-refractivity contribution < 1.29 is 12.8 Å². The molecular weight excluding hydrogens is 312 g/mol. The van der Waals surface area contributed by atoms with Crippen LogP contribution in [0.5, 0.6) is 0 Å². The number of rotatable bonds is 3. The van der Waals surface area contributed by atoms with Crippen molar-refractivity contribution >= 4 is 33.2 Å². The first-order chi connectivity index (χ1) is 8.64. The second-order valence-electron chi connectivity index (χ2n) is 5.27. The van der Waals surface area contributed by atoms with E-state index in [0.717, 1.165) is 12.1 Å². The van der Waals surface area contributed by atoms with E-state index in [0.29, 0.717) is 6.42 Å². The molecule has 2 atom stereocenters. The van der Waals surface area contributed by atoms with Gasteiger partial charge >= 0.3 is 0 Å². The lowest BCUT2D eigenvalue weighted by Gasteiger charge is -2.48. The fraction of sp³-hybridized carbons (Fsp3) is 0.500. The quantitative estimate of drug-likeness (QED) is 0.867. The van der Waals surface area contributed by atoms with Crippen molar-refractivity contribution in [2.24, 2.45) is 5.41 Å². The molecule has 0 amide bonds. The second kappa shape index (κ2) is 4.88. The smallest absolute Gasteiger partial charge is 0.207 e. The van der Waals surface area contributed by atoms with Crippen LogP contribution in [0.15, 0.2) is 23.1 Å². The van der Waals surface area contributed by atoms with Crippen molar-refractivity contribution in [2.45, 2.75) is 36.6 Å². The number of sulfonamides is 1. The lowest BCUT2D eigenvalue weighted by Crippen LogP contribution is -2.59. The number of halogens is 3. The van der Waals surface area contributed by atoms with Crippen molar-refractivity contribution in [3.05, 3.63) is 29.0 Å². The lowest BCUT2D eigenvalue weighted by atomic mass is 9.67. The van der Waals surface area contributed by atoms with Gasteiger partial charge in [-0.3, -0.25) is 0 Å². The van der Waals surface area contributed by atoms with Gasteiger partial charge in [0.1, 0.15) is 10.7 Å². The van der Waals surface area contributed by atoms with Crippen LogP contribution in [0.4, 0.5) is 4.39 Å². The van der Waals surface area contributed by atoms with Gasteiger partial charge in [-0.25, -0.2) is 17.5 Å². The van der Waals surface area contributed by atoms with Gasteiger partial charge in [-0.1, -0.05) is 25.4 Å². The highest BCUT2D eigenvalue weighted by Crippen LogP contribution is 2.45. The molecule has 19 heavy (non-hydrogen) atoms. The number of hydrogen-bond donors (Lipinski definition) is 1. The van der Waals surface area contributed by atoms with E-state index in [1.165, 1.54) is 6.07 Å². The highest BCUT2D eigenvalue weighted by Gasteiger charge is 2.48. The van der Waals surface area contributed by atoms with Gasteiger partial charge in [-0.15, -0.1) is 11.6 Å². The molecule has 7 heteroatoms. The third-order valence-electron chi connectivity index (χ3n) is 3.63. The number of hydrogen-bond acceptors (Lipinski definition) is 2. The third-order valence-corrected chi connectivity index (χ3v) is 6.32. The lowest BCUT2D eigenvalue weighted by molar-refractivity contribution is 0.137. The van der Waals surface area contributed by atoms with Gasteiger partial charge < -0.3 is 0 Å². The number of alkyl halides is 1. The molecule has 1 aliphatic carbocycles. The second-order valence-corrected chi connectivity index (χ2v) is 7.89. The molecule has 0 saturated heterocycles. The highest BCUT2D eigenvalue weighted by molar-refractivity contribution is 7.89. The Labute approximate surface area is 122 Å². The predicted molar refractivity (Wildman–Crippen MR) is 73.6 cm³/mol. The van der Waals surface area contributed by atoms with Gasteiger partial charge in [0.15, 0.2) is 0 Å². The van der Waals surface area contributed by atoms with Crippen LogP contribution in [0.25, 0.3) is 0 Å². The first kappa shape index (κ1) is 15.0. The van der Waals surface area contributed by atoms with Crippen molar-refractivity contribution in [2.75, 3.05) is 0 Å². The molecule has 2 rings (SSSR count). The Morgan fingerprint density at radius 3 is 2.58 bits per heavy atom. The summed E-state index contributed by atoms with van der Waals surface area (Å²) in [5.41, 5.74) is -0.339. The van der Waals surface area contributed by atoms with E-state index in [2.05, 4.69) is 4.72 Å². The standard InChI is InChI=1S/C12H14Cl2FNO2S/c1-12(2)10(14)6-11(12)16-19(17,18)9-5-7(15)3-4-8(9)13/h3-5,10-11,16H,6H2,1-2H3. The first-order valence-corrected chi connectivity index (χ1v) is 8.06. The van der Waals surface area contributed by atoms with E-state index in [9.17, 15) is 12.8 Å². The average molecular weight is 326 g/mol. The zero-order chi connectivity index (χ0) is 14.4. The van der Waals surface area contributed by atoms with Gasteiger partial charge in [-0.2, -0.15) is 0 Å². The van der Waals surface area contributed by atoms with Gasteiger partial charge in [0.05, 0.1) is 5.02 Å². The fourth-order valence-electron chi connectivity index (χ4n) is 2.01. The summed E-state index contributed by atoms with van der Waals surface area (Å²) in [7, 11) is -3.85. The molecule has 0 aromatic heterocycles. The summed E-state index contributed by atoms with van der Waals surface area (Å²) < 4.78 is 40.1. The molecule has 0 spiro atoms. The van der Waals surface area contributed by atoms with Crippen LogP contribution < -0.4 is 4.72 Å². The van der Waals surface area contributed by atoms with E-state index >= 15 is 0 Å². The van der Waals surface area contributed by atoms with Crippen LogP contribution in [0.3, 0.4) is 0 Å². The topological polar surface area (TPSA) is 46.2 Å². The molecule has 0 aliphatic heterocycles. The van der Waals surface area contributed by atoms with E-state index in [1.54, 1.807) is 0 Å². The molecule has 1 aromatic rings. The molecular formula is C12H14Cl2FNO2S. The van der Waals surface area contributed by atoms with E-state index < -0.39 is 15.8 Å². The van der Waals surface area contributed by atoms with Crippen LogP contribution in [-0.4, -0.2) is 19.8 Å². The molecule has 1 N–H and O–H groups in total. The summed E-state index contributed by atoms with van der Waals surface area (Å²) >= 11 is 11.9. The molecule has 1 saturated carbocycles. The molecule has 1 aliphatic rings. The monoisotopic (exact) mass is 325 g/mol. The largest absolute Gasteiger partial charge is 0.242 e. The Morgan fingerprint density at radius 2 is 2.05 bits per heavy atom. The molecule has 1 fully saturated rings. The molecule has 0 bridgehead atoms. The zero-order valence-electron chi connectivity index (χ0n) is 10.5. The van der Waals surface area contributed by atoms with Gasteiger partial charge in [0, 0.05) is 11.4 Å². The Balaban J connectivity index is 2.27. The molecule has 106 valence electrons. The van der Waals surface area contributed by atoms with Crippen LogP contribution in [0, 0.1) is 11.2 Å². The third kappa shape index (κ3) is 2.75. The first-order valence-electron chi connectivity index (χ1n) is 5.76. The summed E-state index contributed by atoms with van der Waals surface area (Å²) in [5.74, 6) is -0.645. The Bertz CT molecular complexity index is 604. The fourth-order valence-corrected chi connectivity index (χ4v) is 4.25. The SMILES string of the molecule is CC1(C)C(Cl)CC1NS(=O)(=O)c1cc(F)ccc1Cl. The Kier molecular flexibility index (Phi) is 3.86. The molecule has 0 heterocycles. The zero-order valence-corrected chi connectivity index (χ0v) is 12.8. The molecule has 0 radical (unpaired) electrons. The van der Waals surface area contributed by atoms with E-state index in [1.807, 2.05) is 13.8 Å². The summed E-state index contributed by atoms with van der Waals surface area (Å²) in [6.45, 7) is 3.77. The number of benzene rings is 1. The Morgan fingerprint density at radius 1 is 1.42 bits per heavy atom. The molecule has 2 unspecified atom stereocenters. The van der Waals surface area contributed by atoms with Crippen LogP contribution in [0.1, 0.15) is 20.3 Å². The average Bonchev–Trinajstić information content (AvgIpc) is 2.31. The maximum Gasteiger partial charge on any atom is 0.242 e. The van der Waals surface area contributed by atoms with E-state index in [-0.39, 0.29) is 26.8 Å². The van der Waals surface area contributed by atoms with Gasteiger partial charge in [0.2, 0.25) is 10.0 Å². The summed E-state index contributed by atoms with van der Waals surface area (Å²) in [5, 5.41) is -0.0864. The van der Waals surface area contributed by atoms with Crippen molar-refractivity contribution in [1.82, 2.24) is 4.72 Å². The van der Waals surface area contributed by atoms with Crippen molar-refractivity contribution in [3.8, 4) is 0 Å². The minimum atomic E-state index is -3.85. The van der Waals surface area contributed by atoms with E-state index in [4.69, 9.17) is 23.2 Å². The van der Waals surface area contributed by atoms with Crippen LogP contribution in [-0.2, 0) is 10.0 Å².